The Morgan fingerprint density at radius 1 is 1.40 bits per heavy atom. The van der Waals surface area contributed by atoms with Crippen molar-refractivity contribution in [1.29, 1.82) is 0 Å². The van der Waals surface area contributed by atoms with Crippen molar-refractivity contribution in [2.24, 2.45) is 10.6 Å². The van der Waals surface area contributed by atoms with Crippen molar-refractivity contribution in [3.8, 4) is 0 Å². The maximum atomic E-state index is 11.9. The van der Waals surface area contributed by atoms with E-state index in [0.29, 0.717) is 11.6 Å². The monoisotopic (exact) mass is 362 g/mol. The van der Waals surface area contributed by atoms with Gasteiger partial charge in [-0.2, -0.15) is 5.10 Å². The molecule has 1 fully saturated rings. The third kappa shape index (κ3) is 3.28. The van der Waals surface area contributed by atoms with Crippen molar-refractivity contribution in [2.45, 2.75) is 44.8 Å². The fraction of sp³-hybridized carbons (Fsp3) is 0.500. The Hall–Kier alpha value is -1.92. The van der Waals surface area contributed by atoms with Crippen LogP contribution in [0.25, 0.3) is 0 Å². The number of hydrogen-bond acceptors (Lipinski definition) is 5. The lowest BCUT2D eigenvalue weighted by molar-refractivity contribution is -0.0315. The molecule has 3 rings (SSSR count). The van der Waals surface area contributed by atoms with E-state index >= 15 is 0 Å². The molecule has 1 atom stereocenters. The third-order valence-electron chi connectivity index (χ3n) is 4.96. The minimum absolute atomic E-state index is 0.293. The lowest BCUT2D eigenvalue weighted by Gasteiger charge is -2.37. The molecular weight excluding hydrogens is 340 g/mol. The van der Waals surface area contributed by atoms with Crippen LogP contribution in [-0.2, 0) is 17.0 Å². The molecule has 0 spiro atoms. The van der Waals surface area contributed by atoms with Gasteiger partial charge in [-0.05, 0) is 37.0 Å². The molecule has 0 aliphatic heterocycles. The molecule has 1 aromatic carbocycles. The van der Waals surface area contributed by atoms with E-state index in [1.54, 1.807) is 30.3 Å². The molecule has 0 saturated heterocycles. The maximum Gasteiger partial charge on any atom is 0.137 e. The molecule has 1 saturated carbocycles. The predicted octanol–water partition coefficient (Wildman–Crippen LogP) is 3.40. The molecule has 1 aliphatic carbocycles. The Morgan fingerprint density at radius 2 is 2.12 bits per heavy atom. The number of aromatic nitrogens is 3. The average Bonchev–Trinajstić information content (AvgIpc) is 3.27. The zero-order valence-corrected chi connectivity index (χ0v) is 15.3. The minimum Gasteiger partial charge on any atom is -0.399 e. The number of aliphatic hydroxyl groups is 1. The number of rotatable bonds is 8. The first kappa shape index (κ1) is 17.9. The van der Waals surface area contributed by atoms with E-state index in [9.17, 15) is 5.11 Å². The molecule has 6 nitrogen and oxygen atoms in total. The van der Waals surface area contributed by atoms with Gasteiger partial charge in [0, 0.05) is 10.4 Å². The van der Waals surface area contributed by atoms with Gasteiger partial charge in [0.2, 0.25) is 0 Å². The minimum atomic E-state index is -1.17. The van der Waals surface area contributed by atoms with Crippen LogP contribution in [0.5, 0.6) is 0 Å². The maximum absolute atomic E-state index is 11.9. The molecule has 7 heteroatoms. The van der Waals surface area contributed by atoms with Crippen LogP contribution in [0.3, 0.4) is 0 Å². The number of hydrogen-bond donors (Lipinski definition) is 1. The summed E-state index contributed by atoms with van der Waals surface area (Å²) in [6, 6.07) is 7.34. The van der Waals surface area contributed by atoms with E-state index in [-0.39, 0.29) is 0 Å². The van der Waals surface area contributed by atoms with Crippen LogP contribution in [0, 0.1) is 5.41 Å². The summed E-state index contributed by atoms with van der Waals surface area (Å²) in [5.74, 6) is 0. The Bertz CT molecular complexity index is 726. The predicted molar refractivity (Wildman–Crippen MR) is 96.4 cm³/mol. The Kier molecular flexibility index (Phi) is 5.11. The first-order chi connectivity index (χ1) is 12.1. The van der Waals surface area contributed by atoms with E-state index in [4.69, 9.17) is 16.4 Å². The van der Waals surface area contributed by atoms with Crippen molar-refractivity contribution in [3.63, 3.8) is 0 Å². The molecular formula is C18H23ClN4O2. The summed E-state index contributed by atoms with van der Waals surface area (Å²) >= 11 is 6.04. The van der Waals surface area contributed by atoms with Gasteiger partial charge in [0.1, 0.15) is 25.4 Å². The summed E-state index contributed by atoms with van der Waals surface area (Å²) in [6.45, 7) is 2.39. The zero-order chi connectivity index (χ0) is 17.9. The number of halogens is 1. The normalized spacial score (nSPS) is 18.6. The van der Waals surface area contributed by atoms with Gasteiger partial charge in [0.25, 0.3) is 0 Å². The molecule has 2 aromatic rings. The van der Waals surface area contributed by atoms with Crippen LogP contribution in [-0.4, -0.2) is 32.7 Å². The second-order valence-electron chi connectivity index (χ2n) is 6.51. The highest BCUT2D eigenvalue weighted by molar-refractivity contribution is 6.30. The van der Waals surface area contributed by atoms with Crippen molar-refractivity contribution in [3.05, 3.63) is 47.5 Å². The lowest BCUT2D eigenvalue weighted by Crippen LogP contribution is -2.45. The average molecular weight is 363 g/mol. The molecule has 0 bridgehead atoms. The van der Waals surface area contributed by atoms with Crippen LogP contribution in [0.2, 0.25) is 5.02 Å². The molecule has 25 heavy (non-hydrogen) atoms. The Morgan fingerprint density at radius 3 is 2.64 bits per heavy atom. The fourth-order valence-corrected chi connectivity index (χ4v) is 3.70. The first-order valence-electron chi connectivity index (χ1n) is 8.47. The van der Waals surface area contributed by atoms with Crippen molar-refractivity contribution >= 4 is 17.3 Å². The second-order valence-corrected chi connectivity index (χ2v) is 6.95. The summed E-state index contributed by atoms with van der Waals surface area (Å²) in [7, 11) is 1.55. The van der Waals surface area contributed by atoms with E-state index in [2.05, 4.69) is 22.2 Å². The van der Waals surface area contributed by atoms with Crippen LogP contribution >= 0.6 is 11.6 Å². The van der Waals surface area contributed by atoms with E-state index in [1.807, 2.05) is 12.1 Å². The Balaban J connectivity index is 2.07. The second kappa shape index (κ2) is 7.14. The van der Waals surface area contributed by atoms with Gasteiger partial charge in [-0.25, -0.2) is 9.67 Å². The first-order valence-corrected chi connectivity index (χ1v) is 8.85. The molecule has 134 valence electrons. The SMILES string of the molecule is CCCC(=NOC)C1(C(O)(Cn2cncn2)c2ccc(Cl)cc2)CC1. The third-order valence-corrected chi connectivity index (χ3v) is 5.21. The summed E-state index contributed by atoms with van der Waals surface area (Å²) in [6.07, 6.45) is 6.50. The van der Waals surface area contributed by atoms with Gasteiger partial charge in [0.15, 0.2) is 0 Å². The van der Waals surface area contributed by atoms with Gasteiger partial charge in [-0.1, -0.05) is 42.2 Å². The van der Waals surface area contributed by atoms with E-state index in [0.717, 1.165) is 37.0 Å². The smallest absolute Gasteiger partial charge is 0.137 e. The van der Waals surface area contributed by atoms with Crippen LogP contribution in [0.15, 0.2) is 42.1 Å². The van der Waals surface area contributed by atoms with Crippen molar-refractivity contribution < 1.29 is 9.94 Å². The van der Waals surface area contributed by atoms with Crippen LogP contribution in [0.1, 0.15) is 38.2 Å². The highest BCUT2D eigenvalue weighted by Crippen LogP contribution is 2.60. The Labute approximate surface area is 152 Å². The topological polar surface area (TPSA) is 72.5 Å². The summed E-state index contributed by atoms with van der Waals surface area (Å²) in [4.78, 5) is 9.09. The molecule has 1 aliphatic rings. The molecule has 0 radical (unpaired) electrons. The quantitative estimate of drug-likeness (QED) is 0.577. The standard InChI is InChI=1S/C18H23ClN4O2/c1-3-4-16(22-25-2)17(9-10-17)18(24,11-23-13-20-12-21-23)14-5-7-15(19)8-6-14/h5-8,12-13,24H,3-4,9-11H2,1-2H3. The van der Waals surface area contributed by atoms with Crippen molar-refractivity contribution in [2.75, 3.05) is 7.11 Å². The number of benzene rings is 1. The van der Waals surface area contributed by atoms with Gasteiger partial charge >= 0.3 is 0 Å². The number of oxime groups is 1. The van der Waals surface area contributed by atoms with Crippen LogP contribution < -0.4 is 0 Å². The zero-order valence-electron chi connectivity index (χ0n) is 14.5. The molecule has 1 aromatic heterocycles. The van der Waals surface area contributed by atoms with Gasteiger partial charge < -0.3 is 9.94 Å². The number of nitrogens with zero attached hydrogens (tertiary/aromatic N) is 4. The molecule has 0 amide bonds. The summed E-state index contributed by atoms with van der Waals surface area (Å²) in [5, 5.41) is 21.0. The molecule has 1 N–H and O–H groups in total. The van der Waals surface area contributed by atoms with Gasteiger partial charge in [-0.3, -0.25) is 0 Å². The van der Waals surface area contributed by atoms with Crippen LogP contribution in [0.4, 0.5) is 0 Å². The fourth-order valence-electron chi connectivity index (χ4n) is 3.58. The van der Waals surface area contributed by atoms with Crippen molar-refractivity contribution in [1.82, 2.24) is 14.8 Å². The van der Waals surface area contributed by atoms with Gasteiger partial charge in [0.05, 0.1) is 12.3 Å². The highest BCUT2D eigenvalue weighted by Gasteiger charge is 2.63. The van der Waals surface area contributed by atoms with E-state index in [1.165, 1.54) is 6.33 Å². The van der Waals surface area contributed by atoms with Gasteiger partial charge in [-0.15, -0.1) is 0 Å². The molecule has 1 unspecified atom stereocenters. The summed E-state index contributed by atoms with van der Waals surface area (Å²) < 4.78 is 1.66. The largest absolute Gasteiger partial charge is 0.399 e. The lowest BCUT2D eigenvalue weighted by atomic mass is 9.74. The summed E-state index contributed by atoms with van der Waals surface area (Å²) in [5.41, 5.74) is 0.0660. The highest BCUT2D eigenvalue weighted by atomic mass is 35.5. The molecule has 1 heterocycles. The van der Waals surface area contributed by atoms with E-state index < -0.39 is 11.0 Å².